The van der Waals surface area contributed by atoms with Crippen molar-refractivity contribution in [3.63, 3.8) is 0 Å². The van der Waals surface area contributed by atoms with E-state index in [2.05, 4.69) is 16.4 Å². The van der Waals surface area contributed by atoms with Crippen LogP contribution in [0.25, 0.3) is 10.9 Å². The number of amides is 1. The third kappa shape index (κ3) is 1.19. The molecule has 1 fully saturated rings. The number of fused-ring (bicyclic) bond motifs is 3. The van der Waals surface area contributed by atoms with Crippen molar-refractivity contribution >= 4 is 22.5 Å². The quantitative estimate of drug-likeness (QED) is 0.766. The van der Waals surface area contributed by atoms with Crippen LogP contribution in [0.1, 0.15) is 24.8 Å². The molecule has 2 aromatic rings. The summed E-state index contributed by atoms with van der Waals surface area (Å²) in [4.78, 5) is 16.6. The summed E-state index contributed by atoms with van der Waals surface area (Å²) in [5, 5.41) is 4.23. The first-order valence-electron chi connectivity index (χ1n) is 6.47. The molecule has 1 aromatic heterocycles. The van der Waals surface area contributed by atoms with Gasteiger partial charge in [-0.1, -0.05) is 24.6 Å². The van der Waals surface area contributed by atoms with E-state index >= 15 is 0 Å². The minimum absolute atomic E-state index is 0.128. The van der Waals surface area contributed by atoms with Crippen molar-refractivity contribution in [2.24, 2.45) is 5.41 Å². The van der Waals surface area contributed by atoms with Gasteiger partial charge in [0.1, 0.15) is 0 Å². The number of rotatable bonds is 0. The Kier molecular flexibility index (Phi) is 1.85. The summed E-state index contributed by atoms with van der Waals surface area (Å²) in [5.41, 5.74) is 3.05. The maximum absolute atomic E-state index is 12.2. The van der Waals surface area contributed by atoms with Crippen molar-refractivity contribution in [2.75, 3.05) is 5.32 Å². The van der Waals surface area contributed by atoms with Gasteiger partial charge in [0.15, 0.2) is 0 Å². The van der Waals surface area contributed by atoms with Crippen LogP contribution in [0, 0.1) is 5.41 Å². The monoisotopic (exact) mass is 238 g/mol. The van der Waals surface area contributed by atoms with Crippen LogP contribution in [0.15, 0.2) is 30.5 Å². The lowest BCUT2D eigenvalue weighted by molar-refractivity contribution is -0.130. The molecule has 0 atom stereocenters. The number of para-hydroxylation sites is 1. The smallest absolute Gasteiger partial charge is 0.230 e. The number of nitrogens with one attached hydrogen (secondary N) is 1. The Balaban J connectivity index is 1.94. The van der Waals surface area contributed by atoms with Gasteiger partial charge in [-0.25, -0.2) is 0 Å². The van der Waals surface area contributed by atoms with Gasteiger partial charge in [0, 0.05) is 5.39 Å². The lowest BCUT2D eigenvalue weighted by Crippen LogP contribution is -2.46. The molecule has 1 saturated carbocycles. The van der Waals surface area contributed by atoms with E-state index in [1.54, 1.807) is 6.20 Å². The van der Waals surface area contributed by atoms with Gasteiger partial charge < -0.3 is 5.32 Å². The standard InChI is InChI=1S/C15H14N2O/c18-14-15(6-3-7-15)8-11-10-4-1-2-5-12(10)16-9-13(11)17-14/h1-2,4-5,9H,3,6-8H2,(H,17,18). The normalized spacial score (nSPS) is 20.3. The molecule has 0 radical (unpaired) electrons. The number of hydrogen-bond acceptors (Lipinski definition) is 2. The van der Waals surface area contributed by atoms with E-state index in [1.807, 2.05) is 18.2 Å². The molecule has 0 saturated heterocycles. The van der Waals surface area contributed by atoms with E-state index in [-0.39, 0.29) is 11.3 Å². The zero-order valence-electron chi connectivity index (χ0n) is 10.1. The molecule has 18 heavy (non-hydrogen) atoms. The molecule has 2 aliphatic rings. The lowest BCUT2D eigenvalue weighted by atomic mass is 9.63. The van der Waals surface area contributed by atoms with Gasteiger partial charge in [0.2, 0.25) is 5.91 Å². The molecule has 90 valence electrons. The van der Waals surface area contributed by atoms with Crippen LogP contribution in [-0.4, -0.2) is 10.9 Å². The van der Waals surface area contributed by atoms with Crippen LogP contribution in [0.2, 0.25) is 0 Å². The topological polar surface area (TPSA) is 42.0 Å². The zero-order valence-corrected chi connectivity index (χ0v) is 10.1. The number of pyridine rings is 1. The molecule has 4 rings (SSSR count). The summed E-state index contributed by atoms with van der Waals surface area (Å²) in [6, 6.07) is 8.17. The first-order valence-corrected chi connectivity index (χ1v) is 6.47. The molecule has 1 aromatic carbocycles. The molecule has 1 spiro atoms. The second-order valence-corrected chi connectivity index (χ2v) is 5.43. The summed E-state index contributed by atoms with van der Waals surface area (Å²) in [5.74, 6) is 0.193. The molecule has 3 heteroatoms. The van der Waals surface area contributed by atoms with Gasteiger partial charge in [-0.2, -0.15) is 0 Å². The summed E-state index contributed by atoms with van der Waals surface area (Å²) in [7, 11) is 0. The molecule has 0 unspecified atom stereocenters. The summed E-state index contributed by atoms with van der Waals surface area (Å²) < 4.78 is 0. The van der Waals surface area contributed by atoms with Gasteiger partial charge >= 0.3 is 0 Å². The van der Waals surface area contributed by atoms with E-state index < -0.39 is 0 Å². The van der Waals surface area contributed by atoms with Crippen molar-refractivity contribution in [2.45, 2.75) is 25.7 Å². The Hall–Kier alpha value is -1.90. The summed E-state index contributed by atoms with van der Waals surface area (Å²) in [6.45, 7) is 0. The van der Waals surface area contributed by atoms with Crippen LogP contribution < -0.4 is 5.32 Å². The maximum atomic E-state index is 12.2. The minimum atomic E-state index is -0.128. The van der Waals surface area contributed by atoms with Crippen LogP contribution in [0.4, 0.5) is 5.69 Å². The minimum Gasteiger partial charge on any atom is -0.324 e. The van der Waals surface area contributed by atoms with Gasteiger partial charge in [0.05, 0.1) is 22.8 Å². The van der Waals surface area contributed by atoms with Gasteiger partial charge in [-0.05, 0) is 30.9 Å². The van der Waals surface area contributed by atoms with Crippen molar-refractivity contribution in [3.05, 3.63) is 36.0 Å². The molecular weight excluding hydrogens is 224 g/mol. The van der Waals surface area contributed by atoms with Crippen LogP contribution in [0.3, 0.4) is 0 Å². The second kappa shape index (κ2) is 3.31. The molecule has 1 aliphatic heterocycles. The fourth-order valence-electron chi connectivity index (χ4n) is 3.18. The van der Waals surface area contributed by atoms with Crippen molar-refractivity contribution in [3.8, 4) is 0 Å². The highest BCUT2D eigenvalue weighted by molar-refractivity contribution is 6.02. The number of hydrogen-bond donors (Lipinski definition) is 1. The molecule has 1 N–H and O–H groups in total. The Morgan fingerprint density at radius 2 is 2.06 bits per heavy atom. The lowest BCUT2D eigenvalue weighted by Gasteiger charge is -2.43. The van der Waals surface area contributed by atoms with Crippen molar-refractivity contribution in [1.29, 1.82) is 0 Å². The van der Waals surface area contributed by atoms with Crippen LogP contribution in [0.5, 0.6) is 0 Å². The Labute approximate surface area is 105 Å². The van der Waals surface area contributed by atoms with E-state index in [1.165, 1.54) is 17.4 Å². The SMILES string of the molecule is O=C1Nc2cnc3ccccc3c2CC12CCC2. The number of nitrogens with zero attached hydrogens (tertiary/aromatic N) is 1. The highest BCUT2D eigenvalue weighted by atomic mass is 16.2. The highest BCUT2D eigenvalue weighted by Crippen LogP contribution is 2.49. The van der Waals surface area contributed by atoms with E-state index in [9.17, 15) is 4.79 Å². The summed E-state index contributed by atoms with van der Waals surface area (Å²) in [6.07, 6.45) is 5.88. The van der Waals surface area contributed by atoms with Gasteiger partial charge in [0.25, 0.3) is 0 Å². The molecule has 2 heterocycles. The second-order valence-electron chi connectivity index (χ2n) is 5.43. The molecule has 1 amide bonds. The number of carbonyl (C=O) groups excluding carboxylic acids is 1. The Morgan fingerprint density at radius 1 is 1.22 bits per heavy atom. The van der Waals surface area contributed by atoms with Gasteiger partial charge in [-0.3, -0.25) is 9.78 Å². The first-order chi connectivity index (χ1) is 8.78. The fourth-order valence-corrected chi connectivity index (χ4v) is 3.18. The Morgan fingerprint density at radius 3 is 2.83 bits per heavy atom. The number of carbonyl (C=O) groups is 1. The first kappa shape index (κ1) is 10.1. The molecular formula is C15H14N2O. The third-order valence-corrected chi connectivity index (χ3v) is 4.44. The number of benzene rings is 1. The van der Waals surface area contributed by atoms with E-state index in [0.717, 1.165) is 30.5 Å². The molecule has 1 aliphatic carbocycles. The average molecular weight is 238 g/mol. The van der Waals surface area contributed by atoms with Crippen molar-refractivity contribution in [1.82, 2.24) is 4.98 Å². The highest BCUT2D eigenvalue weighted by Gasteiger charge is 2.47. The zero-order chi connectivity index (χ0) is 12.2. The van der Waals surface area contributed by atoms with Crippen LogP contribution in [-0.2, 0) is 11.2 Å². The average Bonchev–Trinajstić information content (AvgIpc) is 2.36. The largest absolute Gasteiger partial charge is 0.324 e. The predicted molar refractivity (Wildman–Crippen MR) is 70.4 cm³/mol. The Bertz CT molecular complexity index is 659. The summed E-state index contributed by atoms with van der Waals surface area (Å²) >= 11 is 0. The number of anilines is 1. The third-order valence-electron chi connectivity index (χ3n) is 4.44. The van der Waals surface area contributed by atoms with Crippen LogP contribution >= 0.6 is 0 Å². The molecule has 3 nitrogen and oxygen atoms in total. The number of aromatic nitrogens is 1. The maximum Gasteiger partial charge on any atom is 0.230 e. The van der Waals surface area contributed by atoms with E-state index in [4.69, 9.17) is 0 Å². The predicted octanol–water partition coefficient (Wildman–Crippen LogP) is 2.90. The van der Waals surface area contributed by atoms with E-state index in [0.29, 0.717) is 0 Å². The van der Waals surface area contributed by atoms with Gasteiger partial charge in [-0.15, -0.1) is 0 Å². The van der Waals surface area contributed by atoms with Crippen molar-refractivity contribution < 1.29 is 4.79 Å². The molecule has 0 bridgehead atoms. The fraction of sp³-hybridized carbons (Fsp3) is 0.333.